The Labute approximate surface area is 114 Å². The van der Waals surface area contributed by atoms with Gasteiger partial charge in [-0.05, 0) is 44.4 Å². The van der Waals surface area contributed by atoms with Crippen molar-refractivity contribution in [2.75, 3.05) is 0 Å². The van der Waals surface area contributed by atoms with Crippen molar-refractivity contribution in [3.8, 4) is 0 Å². The predicted octanol–water partition coefficient (Wildman–Crippen LogP) is 2.97. The number of hydrogen-bond donors (Lipinski definition) is 1. The minimum absolute atomic E-state index is 0.475. The highest BCUT2D eigenvalue weighted by molar-refractivity contribution is 5.11. The van der Waals surface area contributed by atoms with Gasteiger partial charge >= 0.3 is 0 Å². The van der Waals surface area contributed by atoms with E-state index in [4.69, 9.17) is 9.51 Å². The van der Waals surface area contributed by atoms with Gasteiger partial charge < -0.3 is 9.84 Å². The second kappa shape index (κ2) is 4.58. The molecule has 4 nitrogen and oxygen atoms in total. The van der Waals surface area contributed by atoms with Crippen LogP contribution in [-0.2, 0) is 0 Å². The van der Waals surface area contributed by atoms with Crippen LogP contribution in [0.2, 0.25) is 0 Å². The maximum Gasteiger partial charge on any atom is 0.231 e. The van der Waals surface area contributed by atoms with Crippen molar-refractivity contribution in [1.82, 2.24) is 15.5 Å². The fourth-order valence-corrected chi connectivity index (χ4v) is 4.34. The van der Waals surface area contributed by atoms with Crippen LogP contribution in [0.3, 0.4) is 0 Å². The molecule has 1 saturated carbocycles. The second-order valence-electron chi connectivity index (χ2n) is 6.66. The van der Waals surface area contributed by atoms with Gasteiger partial charge in [0.2, 0.25) is 5.89 Å². The molecule has 104 valence electrons. The monoisotopic (exact) mass is 261 g/mol. The number of nitrogens with one attached hydrogen (secondary N) is 1. The molecule has 3 fully saturated rings. The van der Waals surface area contributed by atoms with Gasteiger partial charge in [0, 0.05) is 18.0 Å². The van der Waals surface area contributed by atoms with Crippen molar-refractivity contribution in [2.45, 2.75) is 75.8 Å². The fourth-order valence-electron chi connectivity index (χ4n) is 4.34. The lowest BCUT2D eigenvalue weighted by Gasteiger charge is -2.15. The molecule has 1 N–H and O–H groups in total. The van der Waals surface area contributed by atoms with Crippen LogP contribution in [0, 0.1) is 5.92 Å². The summed E-state index contributed by atoms with van der Waals surface area (Å²) >= 11 is 0. The minimum Gasteiger partial charge on any atom is -0.339 e. The second-order valence-corrected chi connectivity index (χ2v) is 6.66. The molecule has 4 rings (SSSR count). The first kappa shape index (κ1) is 11.9. The van der Waals surface area contributed by atoms with Crippen LogP contribution in [0.4, 0.5) is 0 Å². The first-order valence-electron chi connectivity index (χ1n) is 7.93. The van der Waals surface area contributed by atoms with E-state index in [1.807, 2.05) is 0 Å². The molecule has 1 aromatic rings. The van der Waals surface area contributed by atoms with E-state index < -0.39 is 0 Å². The van der Waals surface area contributed by atoms with E-state index in [9.17, 15) is 0 Å². The summed E-state index contributed by atoms with van der Waals surface area (Å²) in [6.07, 6.45) is 8.90. The van der Waals surface area contributed by atoms with Crippen LogP contribution in [-0.4, -0.2) is 22.2 Å². The largest absolute Gasteiger partial charge is 0.339 e. The van der Waals surface area contributed by atoms with E-state index in [2.05, 4.69) is 17.4 Å². The third-order valence-corrected chi connectivity index (χ3v) is 5.56. The van der Waals surface area contributed by atoms with Crippen LogP contribution in [0.5, 0.6) is 0 Å². The molecular formula is C15H23N3O. The lowest BCUT2D eigenvalue weighted by molar-refractivity contribution is 0.325. The van der Waals surface area contributed by atoms with Crippen LogP contribution >= 0.6 is 0 Å². The van der Waals surface area contributed by atoms with Crippen molar-refractivity contribution in [1.29, 1.82) is 0 Å². The number of nitrogens with zero attached hydrogens (tertiary/aromatic N) is 2. The van der Waals surface area contributed by atoms with Gasteiger partial charge in [-0.3, -0.25) is 0 Å². The van der Waals surface area contributed by atoms with Crippen LogP contribution in [0.25, 0.3) is 0 Å². The Morgan fingerprint density at radius 1 is 1.21 bits per heavy atom. The first-order valence-corrected chi connectivity index (χ1v) is 7.93. The number of rotatable bonds is 3. The molecule has 0 aromatic carbocycles. The highest BCUT2D eigenvalue weighted by Crippen LogP contribution is 2.41. The zero-order valence-electron chi connectivity index (χ0n) is 11.6. The lowest BCUT2D eigenvalue weighted by Crippen LogP contribution is -2.21. The molecule has 5 unspecified atom stereocenters. The highest BCUT2D eigenvalue weighted by Gasteiger charge is 2.43. The summed E-state index contributed by atoms with van der Waals surface area (Å²) in [5, 5.41) is 7.92. The molecule has 1 aliphatic carbocycles. The molecule has 2 aliphatic heterocycles. The van der Waals surface area contributed by atoms with Gasteiger partial charge in [0.1, 0.15) is 0 Å². The molecular weight excluding hydrogens is 238 g/mol. The minimum atomic E-state index is 0.475. The Balaban J connectivity index is 1.48. The number of aromatic nitrogens is 2. The normalized spacial score (nSPS) is 41.2. The van der Waals surface area contributed by atoms with Gasteiger partial charge in [-0.1, -0.05) is 18.5 Å². The molecule has 0 radical (unpaired) electrons. The quantitative estimate of drug-likeness (QED) is 0.908. The molecule has 0 amide bonds. The van der Waals surface area contributed by atoms with Gasteiger partial charge in [-0.2, -0.15) is 4.98 Å². The predicted molar refractivity (Wildman–Crippen MR) is 72.0 cm³/mol. The van der Waals surface area contributed by atoms with Gasteiger partial charge in [0.15, 0.2) is 5.82 Å². The van der Waals surface area contributed by atoms with Gasteiger partial charge in [-0.25, -0.2) is 0 Å². The Morgan fingerprint density at radius 3 is 2.84 bits per heavy atom. The molecule has 1 aromatic heterocycles. The Hall–Kier alpha value is -0.900. The van der Waals surface area contributed by atoms with Gasteiger partial charge in [0.05, 0.1) is 5.92 Å². The molecule has 2 bridgehead atoms. The third kappa shape index (κ3) is 2.00. The SMILES string of the molecule is CCC1CCC(c2noc(C3CC4CCC3N4)n2)C1. The van der Waals surface area contributed by atoms with E-state index in [-0.39, 0.29) is 0 Å². The van der Waals surface area contributed by atoms with Crippen molar-refractivity contribution < 1.29 is 4.52 Å². The molecule has 3 heterocycles. The highest BCUT2D eigenvalue weighted by atomic mass is 16.5. The zero-order valence-corrected chi connectivity index (χ0v) is 11.6. The molecule has 4 heteroatoms. The standard InChI is InChI=1S/C15H23N3O/c1-2-9-3-4-10(7-9)14-17-15(19-18-14)12-8-11-5-6-13(12)16-11/h9-13,16H,2-8H2,1H3. The summed E-state index contributed by atoms with van der Waals surface area (Å²) in [5.41, 5.74) is 0. The van der Waals surface area contributed by atoms with E-state index >= 15 is 0 Å². The molecule has 3 aliphatic rings. The van der Waals surface area contributed by atoms with E-state index in [0.29, 0.717) is 23.9 Å². The number of fused-ring (bicyclic) bond motifs is 2. The maximum atomic E-state index is 5.58. The van der Waals surface area contributed by atoms with Crippen molar-refractivity contribution >= 4 is 0 Å². The molecule has 19 heavy (non-hydrogen) atoms. The third-order valence-electron chi connectivity index (χ3n) is 5.56. The van der Waals surface area contributed by atoms with Gasteiger partial charge in [0.25, 0.3) is 0 Å². The van der Waals surface area contributed by atoms with E-state index in [0.717, 1.165) is 17.6 Å². The first-order chi connectivity index (χ1) is 9.33. The summed E-state index contributed by atoms with van der Waals surface area (Å²) < 4.78 is 5.58. The fraction of sp³-hybridized carbons (Fsp3) is 0.867. The molecule has 5 atom stereocenters. The lowest BCUT2D eigenvalue weighted by atomic mass is 9.89. The smallest absolute Gasteiger partial charge is 0.231 e. The van der Waals surface area contributed by atoms with Crippen LogP contribution < -0.4 is 5.32 Å². The maximum absolute atomic E-state index is 5.58. The Kier molecular flexibility index (Phi) is 2.87. The van der Waals surface area contributed by atoms with Crippen LogP contribution in [0.15, 0.2) is 4.52 Å². The number of hydrogen-bond acceptors (Lipinski definition) is 4. The van der Waals surface area contributed by atoms with Crippen molar-refractivity contribution in [2.24, 2.45) is 5.92 Å². The molecule has 0 spiro atoms. The van der Waals surface area contributed by atoms with E-state index in [1.165, 1.54) is 44.9 Å². The van der Waals surface area contributed by atoms with Crippen molar-refractivity contribution in [3.63, 3.8) is 0 Å². The summed E-state index contributed by atoms with van der Waals surface area (Å²) in [6, 6.07) is 1.28. The van der Waals surface area contributed by atoms with Crippen LogP contribution in [0.1, 0.15) is 75.4 Å². The summed E-state index contributed by atoms with van der Waals surface area (Å²) in [5.74, 6) is 3.77. The van der Waals surface area contributed by atoms with Crippen molar-refractivity contribution in [3.05, 3.63) is 11.7 Å². The summed E-state index contributed by atoms with van der Waals surface area (Å²) in [7, 11) is 0. The Bertz CT molecular complexity index is 458. The topological polar surface area (TPSA) is 51.0 Å². The summed E-state index contributed by atoms with van der Waals surface area (Å²) in [4.78, 5) is 4.74. The average molecular weight is 261 g/mol. The zero-order chi connectivity index (χ0) is 12.8. The summed E-state index contributed by atoms with van der Waals surface area (Å²) in [6.45, 7) is 2.29. The Morgan fingerprint density at radius 2 is 2.16 bits per heavy atom. The van der Waals surface area contributed by atoms with Gasteiger partial charge in [-0.15, -0.1) is 0 Å². The van der Waals surface area contributed by atoms with E-state index in [1.54, 1.807) is 0 Å². The average Bonchev–Trinajstić information content (AvgIpc) is 3.19. The molecule has 2 saturated heterocycles.